The van der Waals surface area contributed by atoms with Crippen LogP contribution in [-0.4, -0.2) is 37.8 Å². The number of anilines is 2. The number of carbonyl (C=O) groups is 2. The number of carbonyl (C=O) groups excluding carboxylic acids is 2. The summed E-state index contributed by atoms with van der Waals surface area (Å²) in [4.78, 5) is 42.3. The molecule has 6 rings (SSSR count). The number of para-hydroxylation sites is 1. The van der Waals surface area contributed by atoms with Crippen molar-refractivity contribution in [1.82, 2.24) is 19.5 Å². The van der Waals surface area contributed by atoms with E-state index in [4.69, 9.17) is 4.98 Å². The lowest BCUT2D eigenvalue weighted by Gasteiger charge is -2.29. The molecule has 192 valence electrons. The van der Waals surface area contributed by atoms with E-state index < -0.39 is 0 Å². The molecule has 8 nitrogen and oxygen atoms in total. The van der Waals surface area contributed by atoms with E-state index in [2.05, 4.69) is 26.3 Å². The number of aryl methyl sites for hydroxylation is 2. The van der Waals surface area contributed by atoms with Gasteiger partial charge in [0.25, 0.3) is 5.91 Å². The van der Waals surface area contributed by atoms with E-state index in [1.54, 1.807) is 30.8 Å². The normalized spacial score (nSPS) is 13.0. The van der Waals surface area contributed by atoms with Gasteiger partial charge in [-0.15, -0.1) is 11.3 Å². The predicted molar refractivity (Wildman–Crippen MR) is 151 cm³/mol. The van der Waals surface area contributed by atoms with Crippen molar-refractivity contribution in [2.75, 3.05) is 16.8 Å². The highest BCUT2D eigenvalue weighted by atomic mass is 32.1. The van der Waals surface area contributed by atoms with E-state index in [0.717, 1.165) is 58.1 Å². The maximum absolute atomic E-state index is 13.3. The maximum Gasteiger partial charge on any atom is 0.257 e. The van der Waals surface area contributed by atoms with Crippen LogP contribution in [-0.2, 0) is 25.9 Å². The number of amides is 1. The van der Waals surface area contributed by atoms with E-state index >= 15 is 0 Å². The van der Waals surface area contributed by atoms with Gasteiger partial charge in [0.05, 0.1) is 16.5 Å². The lowest BCUT2D eigenvalue weighted by Crippen LogP contribution is -2.32. The topological polar surface area (TPSA) is 93.0 Å². The lowest BCUT2D eigenvalue weighted by molar-refractivity contribution is 0.100. The summed E-state index contributed by atoms with van der Waals surface area (Å²) in [5.41, 5.74) is 4.25. The average molecular weight is 543 g/mol. The Morgan fingerprint density at radius 1 is 1.08 bits per heavy atom. The Hall–Kier alpha value is -3.89. The number of nitrogens with zero attached hydrogens (tertiary/aromatic N) is 5. The molecule has 1 amide bonds. The summed E-state index contributed by atoms with van der Waals surface area (Å²) in [5.74, 6) is -0.176. The SMILES string of the molecule is CC(=O)c1nc(N2CCc3cccc(C(=O)Nc4nc5ccccc5s4)c3C2)sc1CCCn1ccnc1. The van der Waals surface area contributed by atoms with Crippen LogP contribution in [0.25, 0.3) is 10.2 Å². The van der Waals surface area contributed by atoms with Crippen molar-refractivity contribution in [1.29, 1.82) is 0 Å². The molecule has 5 aromatic rings. The number of imidazole rings is 1. The number of thiazole rings is 2. The van der Waals surface area contributed by atoms with Gasteiger partial charge in [-0.25, -0.2) is 15.0 Å². The highest BCUT2D eigenvalue weighted by Crippen LogP contribution is 2.33. The van der Waals surface area contributed by atoms with Crippen LogP contribution >= 0.6 is 22.7 Å². The molecule has 4 heterocycles. The number of aromatic nitrogens is 4. The molecule has 0 aliphatic carbocycles. The third-order valence-corrected chi connectivity index (χ3v) is 8.83. The van der Waals surface area contributed by atoms with Gasteiger partial charge >= 0.3 is 0 Å². The van der Waals surface area contributed by atoms with E-state index in [-0.39, 0.29) is 11.7 Å². The van der Waals surface area contributed by atoms with Gasteiger partial charge < -0.3 is 9.47 Å². The molecule has 0 bridgehead atoms. The first-order chi connectivity index (χ1) is 18.5. The van der Waals surface area contributed by atoms with Gasteiger partial charge in [0.2, 0.25) is 0 Å². The Morgan fingerprint density at radius 3 is 2.79 bits per heavy atom. The number of hydrogen-bond donors (Lipinski definition) is 1. The molecule has 1 aliphatic rings. The minimum absolute atomic E-state index is 0.0153. The number of hydrogen-bond acceptors (Lipinski definition) is 8. The maximum atomic E-state index is 13.3. The summed E-state index contributed by atoms with van der Waals surface area (Å²) in [6, 6.07) is 13.8. The number of fused-ring (bicyclic) bond motifs is 2. The highest BCUT2D eigenvalue weighted by molar-refractivity contribution is 7.22. The zero-order valence-corrected chi connectivity index (χ0v) is 22.5. The van der Waals surface area contributed by atoms with Gasteiger partial charge in [-0.3, -0.25) is 14.9 Å². The second kappa shape index (κ2) is 10.5. The molecule has 0 atom stereocenters. The summed E-state index contributed by atoms with van der Waals surface area (Å²) in [5, 5.41) is 4.42. The molecule has 1 aliphatic heterocycles. The van der Waals surface area contributed by atoms with Crippen LogP contribution in [0.4, 0.5) is 10.3 Å². The van der Waals surface area contributed by atoms with Crippen LogP contribution in [0.15, 0.2) is 61.2 Å². The number of Topliss-reactive ketones (excluding diaryl/α,β-unsaturated/α-hetero) is 1. The van der Waals surface area contributed by atoms with E-state index in [0.29, 0.717) is 22.9 Å². The van der Waals surface area contributed by atoms with Crippen molar-refractivity contribution in [3.63, 3.8) is 0 Å². The molecular formula is C28H26N6O2S2. The highest BCUT2D eigenvalue weighted by Gasteiger charge is 2.26. The second-order valence-electron chi connectivity index (χ2n) is 9.28. The van der Waals surface area contributed by atoms with E-state index in [9.17, 15) is 9.59 Å². The van der Waals surface area contributed by atoms with Crippen molar-refractivity contribution in [2.24, 2.45) is 0 Å². The molecule has 0 radical (unpaired) electrons. The lowest BCUT2D eigenvalue weighted by atomic mass is 9.94. The zero-order chi connectivity index (χ0) is 26.1. The van der Waals surface area contributed by atoms with Gasteiger partial charge in [0, 0.05) is 49.4 Å². The van der Waals surface area contributed by atoms with Crippen LogP contribution in [0, 0.1) is 0 Å². The Bertz CT molecular complexity index is 1590. The quantitative estimate of drug-likeness (QED) is 0.257. The second-order valence-corrected chi connectivity index (χ2v) is 11.4. The fourth-order valence-electron chi connectivity index (χ4n) is 4.81. The average Bonchev–Trinajstić information content (AvgIpc) is 3.68. The van der Waals surface area contributed by atoms with Crippen molar-refractivity contribution in [3.05, 3.63) is 88.4 Å². The molecule has 38 heavy (non-hydrogen) atoms. The Kier molecular flexibility index (Phi) is 6.73. The first-order valence-electron chi connectivity index (χ1n) is 12.5. The number of ketones is 1. The number of benzene rings is 2. The summed E-state index contributed by atoms with van der Waals surface area (Å²) in [6.45, 7) is 3.77. The van der Waals surface area contributed by atoms with Gasteiger partial charge in [0.15, 0.2) is 16.0 Å². The van der Waals surface area contributed by atoms with Crippen LogP contribution in [0.1, 0.15) is 50.2 Å². The predicted octanol–water partition coefficient (Wildman–Crippen LogP) is 5.60. The molecule has 0 fully saturated rings. The molecule has 1 N–H and O–H groups in total. The molecule has 2 aromatic carbocycles. The van der Waals surface area contributed by atoms with Crippen molar-refractivity contribution in [2.45, 2.75) is 39.3 Å². The third-order valence-electron chi connectivity index (χ3n) is 6.70. The molecule has 3 aromatic heterocycles. The zero-order valence-electron chi connectivity index (χ0n) is 20.9. The number of rotatable bonds is 8. The van der Waals surface area contributed by atoms with E-state index in [1.807, 2.05) is 47.2 Å². The fraction of sp³-hybridized carbons (Fsp3) is 0.250. The van der Waals surface area contributed by atoms with Gasteiger partial charge in [-0.1, -0.05) is 35.6 Å². The summed E-state index contributed by atoms with van der Waals surface area (Å²) in [6.07, 6.45) is 8.01. The smallest absolute Gasteiger partial charge is 0.257 e. The Morgan fingerprint density at radius 2 is 1.97 bits per heavy atom. The molecule has 0 saturated heterocycles. The molecule has 0 spiro atoms. The standard InChI is InChI=1S/C28H26N6O2S2/c1-18(35)25-24(10-5-13-33-15-12-29-17-33)38-28(31-25)34-14-11-19-6-4-7-20(21(19)16-34)26(36)32-27-30-22-8-2-3-9-23(22)37-27/h2-4,6-9,12,15,17H,5,10-11,13-14,16H2,1H3,(H,30,32,36). The number of nitrogens with one attached hydrogen (secondary N) is 1. The molecular weight excluding hydrogens is 516 g/mol. The minimum atomic E-state index is -0.161. The summed E-state index contributed by atoms with van der Waals surface area (Å²) < 4.78 is 3.08. The first kappa shape index (κ1) is 24.4. The minimum Gasteiger partial charge on any atom is -0.343 e. The monoisotopic (exact) mass is 542 g/mol. The van der Waals surface area contributed by atoms with Crippen LogP contribution < -0.4 is 10.2 Å². The van der Waals surface area contributed by atoms with E-state index in [1.165, 1.54) is 16.9 Å². The Balaban J connectivity index is 1.21. The molecule has 0 saturated carbocycles. The fourth-order valence-corrected chi connectivity index (χ4v) is 6.84. The van der Waals surface area contributed by atoms with Crippen molar-refractivity contribution in [3.8, 4) is 0 Å². The summed E-state index contributed by atoms with van der Waals surface area (Å²) in [7, 11) is 0. The Labute approximate surface area is 228 Å². The first-order valence-corrected chi connectivity index (χ1v) is 14.2. The summed E-state index contributed by atoms with van der Waals surface area (Å²) >= 11 is 3.05. The van der Waals surface area contributed by atoms with Crippen LogP contribution in [0.5, 0.6) is 0 Å². The van der Waals surface area contributed by atoms with Crippen molar-refractivity contribution >= 4 is 54.8 Å². The van der Waals surface area contributed by atoms with Gasteiger partial charge in [-0.2, -0.15) is 0 Å². The van der Waals surface area contributed by atoms with Crippen LogP contribution in [0.3, 0.4) is 0 Å². The largest absolute Gasteiger partial charge is 0.343 e. The van der Waals surface area contributed by atoms with Crippen molar-refractivity contribution < 1.29 is 9.59 Å². The molecule has 10 heteroatoms. The van der Waals surface area contributed by atoms with Gasteiger partial charge in [0.1, 0.15) is 5.69 Å². The third kappa shape index (κ3) is 4.97. The molecule has 0 unspecified atom stereocenters. The van der Waals surface area contributed by atoms with Gasteiger partial charge in [-0.05, 0) is 48.6 Å². The van der Waals surface area contributed by atoms with Crippen LogP contribution in [0.2, 0.25) is 0 Å².